The second kappa shape index (κ2) is 6.02. The molecule has 130 valence electrons. The number of halogens is 2. The van der Waals surface area contributed by atoms with Crippen molar-refractivity contribution >= 4 is 33.1 Å². The highest BCUT2D eigenvalue weighted by Crippen LogP contribution is 2.38. The molecule has 0 saturated heterocycles. The standard InChI is InChI=1S/C17H21BrFN3O2/c1-17(2,3)24-16(23)21(4)11-8-12(9-11)22-6-5-10-7-13(19)14(18)20-15(10)22/h5-7,11-12H,8-9H2,1-4H3/t11-,12-. The normalized spacial score (nSPS) is 20.8. The molecule has 0 spiro atoms. The molecule has 0 aliphatic heterocycles. The van der Waals surface area contributed by atoms with Crippen molar-refractivity contribution in [3.8, 4) is 0 Å². The van der Waals surface area contributed by atoms with Gasteiger partial charge in [-0.3, -0.25) is 0 Å². The first kappa shape index (κ1) is 17.2. The number of fused-ring (bicyclic) bond motifs is 1. The van der Waals surface area contributed by atoms with E-state index < -0.39 is 5.60 Å². The van der Waals surface area contributed by atoms with Crippen molar-refractivity contribution in [1.29, 1.82) is 0 Å². The number of rotatable bonds is 2. The maximum absolute atomic E-state index is 13.6. The van der Waals surface area contributed by atoms with Crippen molar-refractivity contribution in [1.82, 2.24) is 14.5 Å². The van der Waals surface area contributed by atoms with Crippen LogP contribution in [0.4, 0.5) is 9.18 Å². The van der Waals surface area contributed by atoms with E-state index in [1.165, 1.54) is 6.07 Å². The Balaban J connectivity index is 1.69. The third-order valence-electron chi connectivity index (χ3n) is 4.31. The summed E-state index contributed by atoms with van der Waals surface area (Å²) in [6.07, 6.45) is 3.29. The van der Waals surface area contributed by atoms with Crippen LogP contribution in [0.2, 0.25) is 0 Å². The molecule has 5 nitrogen and oxygen atoms in total. The van der Waals surface area contributed by atoms with Crippen molar-refractivity contribution in [2.45, 2.75) is 51.3 Å². The van der Waals surface area contributed by atoms with Gasteiger partial charge in [0.1, 0.15) is 15.9 Å². The largest absolute Gasteiger partial charge is 0.444 e. The molecule has 7 heteroatoms. The molecule has 24 heavy (non-hydrogen) atoms. The van der Waals surface area contributed by atoms with E-state index in [2.05, 4.69) is 25.5 Å². The third-order valence-corrected chi connectivity index (χ3v) is 4.87. The lowest BCUT2D eigenvalue weighted by atomic mass is 9.85. The first-order valence-corrected chi connectivity index (χ1v) is 8.73. The molecular weight excluding hydrogens is 377 g/mol. The molecule has 0 radical (unpaired) electrons. The zero-order valence-electron chi connectivity index (χ0n) is 14.2. The quantitative estimate of drug-likeness (QED) is 0.700. The summed E-state index contributed by atoms with van der Waals surface area (Å²) in [6, 6.07) is 3.74. The van der Waals surface area contributed by atoms with Gasteiger partial charge in [0.2, 0.25) is 0 Å². The Hall–Kier alpha value is -1.63. The molecule has 1 aliphatic rings. The molecule has 0 N–H and O–H groups in total. The summed E-state index contributed by atoms with van der Waals surface area (Å²) < 4.78 is 21.2. The van der Waals surface area contributed by atoms with Crippen molar-refractivity contribution in [3.05, 3.63) is 28.7 Å². The molecule has 0 unspecified atom stereocenters. The van der Waals surface area contributed by atoms with Gasteiger partial charge in [-0.15, -0.1) is 0 Å². The highest BCUT2D eigenvalue weighted by atomic mass is 79.9. The lowest BCUT2D eigenvalue weighted by Gasteiger charge is -2.42. The lowest BCUT2D eigenvalue weighted by molar-refractivity contribution is 0.00809. The predicted octanol–water partition coefficient (Wildman–Crippen LogP) is 4.51. The summed E-state index contributed by atoms with van der Waals surface area (Å²) in [7, 11) is 1.77. The van der Waals surface area contributed by atoms with E-state index >= 15 is 0 Å². The maximum Gasteiger partial charge on any atom is 0.410 e. The molecule has 1 saturated carbocycles. The summed E-state index contributed by atoms with van der Waals surface area (Å²) in [5, 5.41) is 0.777. The molecule has 0 aromatic carbocycles. The van der Waals surface area contributed by atoms with E-state index in [1.54, 1.807) is 11.9 Å². The van der Waals surface area contributed by atoms with Crippen LogP contribution in [0.5, 0.6) is 0 Å². The Labute approximate surface area is 148 Å². The highest BCUT2D eigenvalue weighted by Gasteiger charge is 2.37. The van der Waals surface area contributed by atoms with Gasteiger partial charge in [-0.05, 0) is 61.7 Å². The minimum absolute atomic E-state index is 0.145. The molecular formula is C17H21BrFN3O2. The van der Waals surface area contributed by atoms with Gasteiger partial charge in [-0.1, -0.05) is 0 Å². The molecule has 2 heterocycles. The summed E-state index contributed by atoms with van der Waals surface area (Å²) >= 11 is 3.14. The second-order valence-electron chi connectivity index (χ2n) is 7.27. The SMILES string of the molecule is CN(C(=O)OC(C)(C)C)[C@H]1C[C@H](n2ccc3cc(F)c(Br)nc32)C1. The first-order chi connectivity index (χ1) is 11.2. The van der Waals surface area contributed by atoms with E-state index in [1.807, 2.05) is 33.0 Å². The number of carbonyl (C=O) groups excluding carboxylic acids is 1. The van der Waals surface area contributed by atoms with Crippen molar-refractivity contribution < 1.29 is 13.9 Å². The van der Waals surface area contributed by atoms with Crippen LogP contribution in [0.3, 0.4) is 0 Å². The van der Waals surface area contributed by atoms with E-state index in [0.717, 1.165) is 23.9 Å². The number of amides is 1. The Morgan fingerprint density at radius 2 is 2.12 bits per heavy atom. The fourth-order valence-corrected chi connectivity index (χ4v) is 3.19. The fraction of sp³-hybridized carbons (Fsp3) is 0.529. The van der Waals surface area contributed by atoms with Crippen LogP contribution in [0.1, 0.15) is 39.7 Å². The highest BCUT2D eigenvalue weighted by molar-refractivity contribution is 9.10. The van der Waals surface area contributed by atoms with Crippen LogP contribution in [-0.2, 0) is 4.74 Å². The van der Waals surface area contributed by atoms with Gasteiger partial charge in [0.05, 0.1) is 0 Å². The summed E-state index contributed by atoms with van der Waals surface area (Å²) in [5.74, 6) is -0.364. The number of hydrogen-bond acceptors (Lipinski definition) is 3. The average Bonchev–Trinajstić information content (AvgIpc) is 2.78. The van der Waals surface area contributed by atoms with E-state index in [-0.39, 0.29) is 28.6 Å². The van der Waals surface area contributed by atoms with Crippen molar-refractivity contribution in [2.24, 2.45) is 0 Å². The summed E-state index contributed by atoms with van der Waals surface area (Å²) in [5.41, 5.74) is 0.262. The molecule has 2 aromatic heterocycles. The molecule has 2 aromatic rings. The van der Waals surface area contributed by atoms with Crippen LogP contribution < -0.4 is 0 Å². The lowest BCUT2D eigenvalue weighted by Crippen LogP contribution is -2.47. The molecule has 1 amide bonds. The predicted molar refractivity (Wildman–Crippen MR) is 93.4 cm³/mol. The first-order valence-electron chi connectivity index (χ1n) is 7.94. The van der Waals surface area contributed by atoms with Gasteiger partial charge in [-0.25, -0.2) is 14.2 Å². The van der Waals surface area contributed by atoms with Gasteiger partial charge < -0.3 is 14.2 Å². The zero-order valence-corrected chi connectivity index (χ0v) is 15.8. The van der Waals surface area contributed by atoms with Gasteiger partial charge in [-0.2, -0.15) is 0 Å². The monoisotopic (exact) mass is 397 g/mol. The molecule has 3 rings (SSSR count). The Morgan fingerprint density at radius 3 is 2.75 bits per heavy atom. The summed E-state index contributed by atoms with van der Waals surface area (Å²) in [6.45, 7) is 5.57. The van der Waals surface area contributed by atoms with Crippen LogP contribution in [0.25, 0.3) is 11.0 Å². The fourth-order valence-electron chi connectivity index (χ4n) is 2.91. The average molecular weight is 398 g/mol. The van der Waals surface area contributed by atoms with Gasteiger partial charge in [0.15, 0.2) is 5.82 Å². The number of ether oxygens (including phenoxy) is 1. The molecule has 1 aliphatic carbocycles. The number of nitrogens with zero attached hydrogens (tertiary/aromatic N) is 3. The van der Waals surface area contributed by atoms with Gasteiger partial charge in [0.25, 0.3) is 0 Å². The van der Waals surface area contributed by atoms with E-state index in [0.29, 0.717) is 0 Å². The Bertz CT molecular complexity index is 778. The third kappa shape index (κ3) is 3.27. The maximum atomic E-state index is 13.6. The van der Waals surface area contributed by atoms with Gasteiger partial charge >= 0.3 is 6.09 Å². The number of aromatic nitrogens is 2. The summed E-state index contributed by atoms with van der Waals surface area (Å²) in [4.78, 5) is 18.1. The Morgan fingerprint density at radius 1 is 1.46 bits per heavy atom. The van der Waals surface area contributed by atoms with Crippen LogP contribution in [-0.4, -0.2) is 39.2 Å². The number of carbonyl (C=O) groups is 1. The van der Waals surface area contributed by atoms with Crippen LogP contribution in [0, 0.1) is 5.82 Å². The van der Waals surface area contributed by atoms with Crippen molar-refractivity contribution in [3.63, 3.8) is 0 Å². The van der Waals surface area contributed by atoms with E-state index in [4.69, 9.17) is 4.74 Å². The number of hydrogen-bond donors (Lipinski definition) is 0. The molecule has 1 fully saturated rings. The van der Waals surface area contributed by atoms with E-state index in [9.17, 15) is 9.18 Å². The minimum atomic E-state index is -0.495. The minimum Gasteiger partial charge on any atom is -0.444 e. The van der Waals surface area contributed by atoms with Gasteiger partial charge in [0, 0.05) is 30.7 Å². The molecule has 0 atom stereocenters. The number of pyridine rings is 1. The topological polar surface area (TPSA) is 47.4 Å². The second-order valence-corrected chi connectivity index (χ2v) is 8.02. The van der Waals surface area contributed by atoms with Crippen LogP contribution in [0.15, 0.2) is 22.9 Å². The van der Waals surface area contributed by atoms with Crippen molar-refractivity contribution in [2.75, 3.05) is 7.05 Å². The van der Waals surface area contributed by atoms with Crippen LogP contribution >= 0.6 is 15.9 Å². The molecule has 0 bridgehead atoms. The zero-order chi connectivity index (χ0) is 17.6. The Kier molecular flexibility index (Phi) is 4.32. The smallest absolute Gasteiger partial charge is 0.410 e.